The van der Waals surface area contributed by atoms with Gasteiger partial charge in [-0.15, -0.1) is 0 Å². The normalized spacial score (nSPS) is 13.7. The van der Waals surface area contributed by atoms with E-state index < -0.39 is 0 Å². The number of halogens is 1. The van der Waals surface area contributed by atoms with E-state index in [-0.39, 0.29) is 19.4 Å². The number of hydrogen-bond acceptors (Lipinski definition) is 4. The molecule has 1 heterocycles. The molecule has 2 aromatic rings. The van der Waals surface area contributed by atoms with Gasteiger partial charge in [0, 0.05) is 23.2 Å². The second-order valence-corrected chi connectivity index (χ2v) is 6.17. The molecule has 0 N–H and O–H groups in total. The summed E-state index contributed by atoms with van der Waals surface area (Å²) >= 11 is 5.93. The number of anilines is 1. The molecule has 24 heavy (non-hydrogen) atoms. The van der Waals surface area contributed by atoms with Crippen LogP contribution in [0.3, 0.4) is 0 Å². The van der Waals surface area contributed by atoms with Crippen molar-refractivity contribution >= 4 is 30.1 Å². The predicted octanol–water partition coefficient (Wildman–Crippen LogP) is 3.96. The monoisotopic (exact) mass is 338 g/mol. The summed E-state index contributed by atoms with van der Waals surface area (Å²) in [7, 11) is 0. The molecule has 6 heteroatoms. The average molecular weight is 339 g/mol. The summed E-state index contributed by atoms with van der Waals surface area (Å²) in [5.41, 5.74) is 2.21. The summed E-state index contributed by atoms with van der Waals surface area (Å²) in [6, 6.07) is 14.5. The summed E-state index contributed by atoms with van der Waals surface area (Å²) < 4.78 is 5.36. The van der Waals surface area contributed by atoms with E-state index in [0.717, 1.165) is 30.5 Å². The van der Waals surface area contributed by atoms with Crippen LogP contribution in [0, 0.1) is 11.2 Å². The van der Waals surface area contributed by atoms with Gasteiger partial charge in [0.05, 0.1) is 5.56 Å². The van der Waals surface area contributed by atoms with Gasteiger partial charge in [0.25, 0.3) is 0 Å². The fraction of sp³-hybridized carbons (Fsp3) is 0.222. The summed E-state index contributed by atoms with van der Waals surface area (Å²) in [4.78, 5) is 14.3. The van der Waals surface area contributed by atoms with E-state index in [9.17, 15) is 10.1 Å². The Bertz CT molecular complexity index is 791. The highest BCUT2D eigenvalue weighted by Crippen LogP contribution is 2.25. The Kier molecular flexibility index (Phi) is 5.07. The zero-order chi connectivity index (χ0) is 16.9. The number of ether oxygens (including phenoxy) is 1. The maximum absolute atomic E-state index is 12.3. The van der Waals surface area contributed by atoms with Crippen LogP contribution in [-0.2, 0) is 11.3 Å². The number of hydrogen-bond donors (Lipinski definition) is 0. The van der Waals surface area contributed by atoms with E-state index in [1.54, 1.807) is 24.3 Å². The maximum Gasteiger partial charge on any atom is 0.378 e. The van der Waals surface area contributed by atoms with Crippen molar-refractivity contribution in [2.45, 2.75) is 19.3 Å². The van der Waals surface area contributed by atoms with Gasteiger partial charge in [0.2, 0.25) is 0 Å². The van der Waals surface area contributed by atoms with Gasteiger partial charge in [0.15, 0.2) is 0 Å². The molecule has 0 saturated carbocycles. The first-order valence-electron chi connectivity index (χ1n) is 7.85. The number of carbonyl (C=O) groups is 1. The van der Waals surface area contributed by atoms with Crippen LogP contribution in [0.5, 0.6) is 0 Å². The van der Waals surface area contributed by atoms with Gasteiger partial charge in [-0.25, -0.2) is 10.1 Å². The smallest absolute Gasteiger partial charge is 0.378 e. The van der Waals surface area contributed by atoms with E-state index in [0.29, 0.717) is 10.6 Å². The minimum atomic E-state index is -0.385. The highest BCUT2D eigenvalue weighted by molar-refractivity contribution is 6.71. The standard InChI is InChI=1S/C18H16BClN2O2/c20-16-6-1-4-14(10-16)12-24-18(23)15-5-2-7-17(11-15)22-9-3-8-19(22)13-21/h1-2,4-7,10-11H,3,8-9,12H2. The van der Waals surface area contributed by atoms with E-state index >= 15 is 0 Å². The summed E-state index contributed by atoms with van der Waals surface area (Å²) in [5.74, 6) is 1.93. The Morgan fingerprint density at radius 3 is 2.92 bits per heavy atom. The molecule has 0 atom stereocenters. The van der Waals surface area contributed by atoms with Crippen molar-refractivity contribution < 1.29 is 9.53 Å². The number of esters is 1. The SMILES string of the molecule is N#CB1CCCN1c1cccc(C(=O)OCc2cccc(Cl)c2)c1. The number of nitrogens with zero attached hydrogens (tertiary/aromatic N) is 2. The van der Waals surface area contributed by atoms with E-state index in [2.05, 4.69) is 5.97 Å². The van der Waals surface area contributed by atoms with Gasteiger partial charge >= 0.3 is 12.8 Å². The molecule has 0 aromatic heterocycles. The Hall–Kier alpha value is -2.45. The Morgan fingerprint density at radius 1 is 1.29 bits per heavy atom. The number of benzene rings is 2. The zero-order valence-electron chi connectivity index (χ0n) is 13.1. The third kappa shape index (κ3) is 3.72. The van der Waals surface area contributed by atoms with Crippen molar-refractivity contribution in [3.8, 4) is 5.97 Å². The molecule has 4 nitrogen and oxygen atoms in total. The molecular formula is C18H16BClN2O2. The van der Waals surface area contributed by atoms with Crippen LogP contribution in [0.1, 0.15) is 22.3 Å². The molecule has 1 saturated heterocycles. The first-order chi connectivity index (χ1) is 11.7. The minimum Gasteiger partial charge on any atom is -0.457 e. The van der Waals surface area contributed by atoms with Crippen LogP contribution >= 0.6 is 11.6 Å². The van der Waals surface area contributed by atoms with E-state index in [1.165, 1.54) is 0 Å². The Balaban J connectivity index is 1.69. The summed E-state index contributed by atoms with van der Waals surface area (Å²) in [5, 5.41) is 9.83. The highest BCUT2D eigenvalue weighted by atomic mass is 35.5. The van der Waals surface area contributed by atoms with Gasteiger partial charge in [-0.05, 0) is 48.6 Å². The zero-order valence-corrected chi connectivity index (χ0v) is 13.9. The number of rotatable bonds is 4. The molecule has 120 valence electrons. The third-order valence-corrected chi connectivity index (χ3v) is 4.31. The maximum atomic E-state index is 12.3. The van der Waals surface area contributed by atoms with Crippen molar-refractivity contribution in [2.75, 3.05) is 11.4 Å². The van der Waals surface area contributed by atoms with Crippen LogP contribution in [0.4, 0.5) is 5.69 Å². The second-order valence-electron chi connectivity index (χ2n) is 5.74. The first kappa shape index (κ1) is 16.4. The highest BCUT2D eigenvalue weighted by Gasteiger charge is 2.29. The average Bonchev–Trinajstić information content (AvgIpc) is 3.08. The van der Waals surface area contributed by atoms with Gasteiger partial charge < -0.3 is 9.55 Å². The fourth-order valence-corrected chi connectivity index (χ4v) is 3.09. The molecule has 0 radical (unpaired) electrons. The number of carbonyl (C=O) groups excluding carboxylic acids is 1. The van der Waals surface area contributed by atoms with Gasteiger partial charge in [-0.1, -0.05) is 29.8 Å². The van der Waals surface area contributed by atoms with Crippen molar-refractivity contribution in [3.63, 3.8) is 0 Å². The minimum absolute atomic E-state index is 0.122. The van der Waals surface area contributed by atoms with Crippen LogP contribution in [-0.4, -0.2) is 19.4 Å². The lowest BCUT2D eigenvalue weighted by molar-refractivity contribution is 0.0473. The molecular weight excluding hydrogens is 322 g/mol. The van der Waals surface area contributed by atoms with Crippen LogP contribution < -0.4 is 4.81 Å². The van der Waals surface area contributed by atoms with Crippen molar-refractivity contribution in [3.05, 3.63) is 64.7 Å². The Labute approximate surface area is 146 Å². The lowest BCUT2D eigenvalue weighted by Gasteiger charge is -2.20. The van der Waals surface area contributed by atoms with Crippen LogP contribution in [0.15, 0.2) is 48.5 Å². The lowest BCUT2D eigenvalue weighted by atomic mass is 9.61. The quantitative estimate of drug-likeness (QED) is 0.625. The molecule has 0 unspecified atom stereocenters. The predicted molar refractivity (Wildman–Crippen MR) is 95.2 cm³/mol. The third-order valence-electron chi connectivity index (χ3n) is 4.07. The van der Waals surface area contributed by atoms with Crippen LogP contribution in [0.2, 0.25) is 11.3 Å². The van der Waals surface area contributed by atoms with E-state index in [1.807, 2.05) is 29.1 Å². The molecule has 1 aliphatic rings. The number of nitriles is 1. The lowest BCUT2D eigenvalue weighted by Crippen LogP contribution is -2.32. The molecule has 0 spiro atoms. The van der Waals surface area contributed by atoms with E-state index in [4.69, 9.17) is 16.3 Å². The largest absolute Gasteiger partial charge is 0.457 e. The molecule has 0 aliphatic carbocycles. The fourth-order valence-electron chi connectivity index (χ4n) is 2.88. The topological polar surface area (TPSA) is 53.3 Å². The van der Waals surface area contributed by atoms with Crippen LogP contribution in [0.25, 0.3) is 0 Å². The van der Waals surface area contributed by atoms with Crippen molar-refractivity contribution in [2.24, 2.45) is 0 Å². The second kappa shape index (κ2) is 7.42. The molecule has 3 rings (SSSR count). The molecule has 2 aromatic carbocycles. The molecule has 0 bridgehead atoms. The molecule has 1 fully saturated rings. The first-order valence-corrected chi connectivity index (χ1v) is 8.23. The van der Waals surface area contributed by atoms with Gasteiger partial charge in [-0.3, -0.25) is 0 Å². The van der Waals surface area contributed by atoms with Gasteiger partial charge in [0.1, 0.15) is 6.61 Å². The van der Waals surface area contributed by atoms with Gasteiger partial charge in [-0.2, -0.15) is 0 Å². The Morgan fingerprint density at radius 2 is 2.12 bits per heavy atom. The van der Waals surface area contributed by atoms with Crippen molar-refractivity contribution in [1.82, 2.24) is 0 Å². The molecule has 1 aliphatic heterocycles. The summed E-state index contributed by atoms with van der Waals surface area (Å²) in [6.07, 6.45) is 1.85. The van der Waals surface area contributed by atoms with Crippen molar-refractivity contribution in [1.29, 1.82) is 5.26 Å². The summed E-state index contributed by atoms with van der Waals surface area (Å²) in [6.45, 7) is 0.885. The molecule has 0 amide bonds.